The van der Waals surface area contributed by atoms with Gasteiger partial charge in [0.25, 0.3) is 0 Å². The third kappa shape index (κ3) is 3.03. The molecule has 0 radical (unpaired) electrons. The Balaban J connectivity index is 0.00000161. The van der Waals surface area contributed by atoms with E-state index in [0.29, 0.717) is 5.96 Å². The molecule has 3 nitrogen and oxygen atoms in total. The van der Waals surface area contributed by atoms with E-state index in [1.54, 1.807) is 0 Å². The molecule has 1 aliphatic rings. The molecule has 2 aromatic carbocycles. The van der Waals surface area contributed by atoms with Gasteiger partial charge in [0.2, 0.25) is 0 Å². The first-order chi connectivity index (χ1) is 9.65. The summed E-state index contributed by atoms with van der Waals surface area (Å²) in [4.78, 5) is 6.62. The number of benzene rings is 2. The van der Waals surface area contributed by atoms with Gasteiger partial charge in [-0.15, -0.1) is 12.4 Å². The minimum atomic E-state index is 0. The van der Waals surface area contributed by atoms with Crippen molar-refractivity contribution in [2.24, 2.45) is 10.7 Å². The van der Waals surface area contributed by atoms with Gasteiger partial charge in [-0.1, -0.05) is 36.4 Å². The lowest BCUT2D eigenvalue weighted by Gasteiger charge is -2.28. The van der Waals surface area contributed by atoms with E-state index in [2.05, 4.69) is 48.0 Å². The van der Waals surface area contributed by atoms with Crippen molar-refractivity contribution >= 4 is 24.1 Å². The first-order valence-electron chi connectivity index (χ1n) is 6.87. The third-order valence-electron chi connectivity index (χ3n) is 3.99. The van der Waals surface area contributed by atoms with Crippen molar-refractivity contribution in [2.45, 2.75) is 26.9 Å². The maximum atomic E-state index is 6.11. The number of aliphatic imine (C=N–C) groups is 1. The Morgan fingerprint density at radius 2 is 1.86 bits per heavy atom. The van der Waals surface area contributed by atoms with Gasteiger partial charge >= 0.3 is 0 Å². The van der Waals surface area contributed by atoms with Crippen LogP contribution in [0.25, 0.3) is 0 Å². The fourth-order valence-electron chi connectivity index (χ4n) is 2.56. The molecule has 21 heavy (non-hydrogen) atoms. The van der Waals surface area contributed by atoms with Crippen LogP contribution in [0.3, 0.4) is 0 Å². The van der Waals surface area contributed by atoms with Crippen molar-refractivity contribution in [1.29, 1.82) is 0 Å². The highest BCUT2D eigenvalue weighted by Crippen LogP contribution is 2.26. The lowest BCUT2D eigenvalue weighted by Crippen LogP contribution is -2.38. The lowest BCUT2D eigenvalue weighted by molar-refractivity contribution is 0.395. The number of aryl methyl sites for hydroxylation is 1. The molecular formula is C17H20ClN3. The molecule has 0 atom stereocenters. The fourth-order valence-corrected chi connectivity index (χ4v) is 2.56. The molecule has 0 bridgehead atoms. The normalized spacial score (nSPS) is 13.2. The summed E-state index contributed by atoms with van der Waals surface area (Å²) in [5, 5.41) is 0. The molecule has 0 fully saturated rings. The Morgan fingerprint density at radius 3 is 2.67 bits per heavy atom. The molecule has 0 saturated carbocycles. The van der Waals surface area contributed by atoms with Gasteiger partial charge in [-0.2, -0.15) is 0 Å². The quantitative estimate of drug-likeness (QED) is 0.919. The largest absolute Gasteiger partial charge is 0.369 e. The van der Waals surface area contributed by atoms with E-state index < -0.39 is 0 Å². The average Bonchev–Trinajstić information content (AvgIpc) is 2.44. The van der Waals surface area contributed by atoms with Gasteiger partial charge in [0, 0.05) is 13.1 Å². The zero-order valence-corrected chi connectivity index (χ0v) is 13.2. The minimum absolute atomic E-state index is 0. The van der Waals surface area contributed by atoms with Crippen molar-refractivity contribution in [3.63, 3.8) is 0 Å². The van der Waals surface area contributed by atoms with E-state index in [9.17, 15) is 0 Å². The summed E-state index contributed by atoms with van der Waals surface area (Å²) >= 11 is 0. The zero-order valence-electron chi connectivity index (χ0n) is 12.3. The summed E-state index contributed by atoms with van der Waals surface area (Å²) in [6.07, 6.45) is 0. The number of rotatable bonds is 2. The van der Waals surface area contributed by atoms with Gasteiger partial charge in [-0.05, 0) is 42.2 Å². The maximum Gasteiger partial charge on any atom is 0.197 e. The Hall–Kier alpha value is -2.00. The monoisotopic (exact) mass is 301 g/mol. The highest BCUT2D eigenvalue weighted by atomic mass is 35.5. The number of fused-ring (bicyclic) bond motifs is 1. The van der Waals surface area contributed by atoms with Crippen molar-refractivity contribution in [1.82, 2.24) is 4.90 Å². The zero-order chi connectivity index (χ0) is 14.1. The van der Waals surface area contributed by atoms with Crippen molar-refractivity contribution in [3.8, 4) is 0 Å². The molecule has 0 aromatic heterocycles. The van der Waals surface area contributed by atoms with E-state index in [1.807, 2.05) is 18.2 Å². The molecule has 1 heterocycles. The molecule has 2 aromatic rings. The summed E-state index contributed by atoms with van der Waals surface area (Å²) in [7, 11) is 0. The van der Waals surface area contributed by atoms with Crippen LogP contribution in [-0.2, 0) is 13.1 Å². The number of hydrogen-bond acceptors (Lipinski definition) is 3. The third-order valence-corrected chi connectivity index (χ3v) is 3.99. The highest BCUT2D eigenvalue weighted by Gasteiger charge is 2.18. The number of nitrogens with zero attached hydrogens (tertiary/aromatic N) is 2. The predicted molar refractivity (Wildman–Crippen MR) is 90.1 cm³/mol. The molecule has 0 aliphatic carbocycles. The van der Waals surface area contributed by atoms with Crippen LogP contribution in [0.4, 0.5) is 5.69 Å². The van der Waals surface area contributed by atoms with Gasteiger partial charge in [0.05, 0.1) is 5.69 Å². The number of halogens is 1. The van der Waals surface area contributed by atoms with Crippen LogP contribution in [0.15, 0.2) is 47.5 Å². The number of nitrogens with two attached hydrogens (primary N) is 1. The predicted octanol–water partition coefficient (Wildman–Crippen LogP) is 3.69. The van der Waals surface area contributed by atoms with E-state index >= 15 is 0 Å². The highest BCUT2D eigenvalue weighted by molar-refractivity contribution is 5.85. The SMILES string of the molecule is Cc1cccc(CN2Cc3ccccc3N=C2N)c1C.Cl. The smallest absolute Gasteiger partial charge is 0.197 e. The molecule has 0 spiro atoms. The topological polar surface area (TPSA) is 41.6 Å². The molecule has 0 unspecified atom stereocenters. The number of guanidine groups is 1. The van der Waals surface area contributed by atoms with E-state index in [1.165, 1.54) is 22.3 Å². The van der Waals surface area contributed by atoms with Crippen LogP contribution in [0.1, 0.15) is 22.3 Å². The first-order valence-corrected chi connectivity index (χ1v) is 6.87. The van der Waals surface area contributed by atoms with Gasteiger partial charge < -0.3 is 10.6 Å². The molecule has 2 N–H and O–H groups in total. The van der Waals surface area contributed by atoms with Crippen molar-refractivity contribution in [3.05, 3.63) is 64.7 Å². The van der Waals surface area contributed by atoms with Gasteiger partial charge in [-0.3, -0.25) is 0 Å². The lowest BCUT2D eigenvalue weighted by atomic mass is 10.0. The summed E-state index contributed by atoms with van der Waals surface area (Å²) in [5.41, 5.74) is 12.3. The molecule has 0 saturated heterocycles. The summed E-state index contributed by atoms with van der Waals surface area (Å²) in [6, 6.07) is 14.6. The van der Waals surface area contributed by atoms with Crippen LogP contribution in [0, 0.1) is 13.8 Å². The van der Waals surface area contributed by atoms with E-state index in [0.717, 1.165) is 18.8 Å². The summed E-state index contributed by atoms with van der Waals surface area (Å²) in [5.74, 6) is 0.601. The Morgan fingerprint density at radius 1 is 1.10 bits per heavy atom. The summed E-state index contributed by atoms with van der Waals surface area (Å²) < 4.78 is 0. The molecule has 0 amide bonds. The van der Waals surface area contributed by atoms with Crippen LogP contribution in [-0.4, -0.2) is 10.9 Å². The Labute approximate surface area is 131 Å². The second-order valence-corrected chi connectivity index (χ2v) is 5.31. The van der Waals surface area contributed by atoms with E-state index in [-0.39, 0.29) is 12.4 Å². The first kappa shape index (κ1) is 15.4. The second-order valence-electron chi connectivity index (χ2n) is 5.31. The van der Waals surface area contributed by atoms with Crippen LogP contribution in [0.2, 0.25) is 0 Å². The Bertz CT molecular complexity index is 679. The van der Waals surface area contributed by atoms with Crippen molar-refractivity contribution < 1.29 is 0 Å². The molecule has 4 heteroatoms. The van der Waals surface area contributed by atoms with Crippen LogP contribution >= 0.6 is 12.4 Å². The van der Waals surface area contributed by atoms with Crippen molar-refractivity contribution in [2.75, 3.05) is 0 Å². The average molecular weight is 302 g/mol. The molecule has 110 valence electrons. The maximum absolute atomic E-state index is 6.11. The van der Waals surface area contributed by atoms with Gasteiger partial charge in [-0.25, -0.2) is 4.99 Å². The minimum Gasteiger partial charge on any atom is -0.369 e. The standard InChI is InChI=1S/C17H19N3.ClH/c1-12-6-5-8-14(13(12)2)10-20-11-15-7-3-4-9-16(15)19-17(20)18;/h3-9H,10-11H2,1-2H3,(H2,18,19);1H. The number of hydrogen-bond donors (Lipinski definition) is 1. The van der Waals surface area contributed by atoms with E-state index in [4.69, 9.17) is 5.73 Å². The Kier molecular flexibility index (Phi) is 4.53. The fraction of sp³-hybridized carbons (Fsp3) is 0.235. The summed E-state index contributed by atoms with van der Waals surface area (Å²) in [6.45, 7) is 5.92. The van der Waals surface area contributed by atoms with Crippen LogP contribution < -0.4 is 5.73 Å². The van der Waals surface area contributed by atoms with Gasteiger partial charge in [0.1, 0.15) is 0 Å². The number of para-hydroxylation sites is 1. The van der Waals surface area contributed by atoms with Crippen LogP contribution in [0.5, 0.6) is 0 Å². The molecular weight excluding hydrogens is 282 g/mol. The molecule has 1 aliphatic heterocycles. The second kappa shape index (κ2) is 6.19. The molecule has 3 rings (SSSR count). The van der Waals surface area contributed by atoms with Gasteiger partial charge in [0.15, 0.2) is 5.96 Å².